The quantitative estimate of drug-likeness (QED) is 0.299. The number of amides is 1. The van der Waals surface area contributed by atoms with Crippen LogP contribution in [0.4, 0.5) is 5.69 Å². The molecule has 0 saturated heterocycles. The maximum absolute atomic E-state index is 12.1. The number of rotatable bonds is 12. The smallest absolute Gasteiger partial charge is 0.311 e. The van der Waals surface area contributed by atoms with E-state index in [1.54, 1.807) is 30.3 Å². The highest BCUT2D eigenvalue weighted by Gasteiger charge is 2.15. The lowest BCUT2D eigenvalue weighted by Crippen LogP contribution is -2.27. The number of carbonyl (C=O) groups excluding carboxylic acids is 1. The summed E-state index contributed by atoms with van der Waals surface area (Å²) < 4.78 is 29.2. The standard InChI is InChI=1S/C20H24N2O6S2/c1-28-19-9-8-17(12-18(19)22(24)25)13-29-14-20(23)21-10-5-11-30(26,27)15-16-6-3-2-4-7-16/h2-4,6-9,12H,5,10-11,13-15H2,1H3,(H,21,23). The molecule has 30 heavy (non-hydrogen) atoms. The summed E-state index contributed by atoms with van der Waals surface area (Å²) in [6.45, 7) is 0.279. The van der Waals surface area contributed by atoms with Crippen LogP contribution in [0.15, 0.2) is 48.5 Å². The molecule has 2 rings (SSSR count). The lowest BCUT2D eigenvalue weighted by atomic mass is 10.2. The minimum atomic E-state index is -3.22. The Balaban J connectivity index is 1.68. The molecular weight excluding hydrogens is 428 g/mol. The van der Waals surface area contributed by atoms with Crippen molar-refractivity contribution in [2.24, 2.45) is 0 Å². The second-order valence-electron chi connectivity index (χ2n) is 6.54. The van der Waals surface area contributed by atoms with Gasteiger partial charge in [0.05, 0.1) is 29.3 Å². The summed E-state index contributed by atoms with van der Waals surface area (Å²) in [5, 5.41) is 13.7. The third kappa shape index (κ3) is 8.03. The molecule has 0 bridgehead atoms. The van der Waals surface area contributed by atoms with E-state index < -0.39 is 14.8 Å². The minimum absolute atomic E-state index is 0.00479. The number of nitrogens with zero attached hydrogens (tertiary/aromatic N) is 1. The molecule has 0 heterocycles. The van der Waals surface area contributed by atoms with E-state index >= 15 is 0 Å². The number of nitrogens with one attached hydrogen (secondary N) is 1. The van der Waals surface area contributed by atoms with Crippen molar-refractivity contribution in [3.05, 3.63) is 69.8 Å². The summed E-state index contributed by atoms with van der Waals surface area (Å²) in [6.07, 6.45) is 0.344. The number of thioether (sulfide) groups is 1. The molecule has 8 nitrogen and oxygen atoms in total. The summed E-state index contributed by atoms with van der Waals surface area (Å²) in [4.78, 5) is 22.5. The molecule has 0 aliphatic carbocycles. The number of ether oxygens (including phenoxy) is 1. The first-order valence-electron chi connectivity index (χ1n) is 9.21. The molecule has 162 valence electrons. The zero-order chi connectivity index (χ0) is 22.0. The molecule has 0 radical (unpaired) electrons. The van der Waals surface area contributed by atoms with Gasteiger partial charge in [0.25, 0.3) is 0 Å². The zero-order valence-electron chi connectivity index (χ0n) is 16.6. The van der Waals surface area contributed by atoms with Crippen LogP contribution in [0, 0.1) is 10.1 Å². The van der Waals surface area contributed by atoms with E-state index in [9.17, 15) is 23.3 Å². The van der Waals surface area contributed by atoms with Gasteiger partial charge in [-0.15, -0.1) is 11.8 Å². The molecule has 2 aromatic rings. The molecule has 0 unspecified atom stereocenters. The van der Waals surface area contributed by atoms with Crippen molar-refractivity contribution >= 4 is 33.2 Å². The van der Waals surface area contributed by atoms with Crippen LogP contribution in [0.5, 0.6) is 5.75 Å². The Kier molecular flexibility index (Phi) is 9.13. The molecule has 1 N–H and O–H groups in total. The fourth-order valence-corrected chi connectivity index (χ4v) is 4.93. The number of methoxy groups -OCH3 is 1. The average Bonchev–Trinajstić information content (AvgIpc) is 2.71. The highest BCUT2D eigenvalue weighted by molar-refractivity contribution is 7.99. The molecular formula is C20H24N2O6S2. The third-order valence-corrected chi connectivity index (χ3v) is 6.81. The summed E-state index contributed by atoms with van der Waals surface area (Å²) in [5.74, 6) is 0.591. The second-order valence-corrected chi connectivity index (χ2v) is 9.71. The molecule has 0 aliphatic heterocycles. The van der Waals surface area contributed by atoms with E-state index in [1.807, 2.05) is 6.07 Å². The Bertz CT molecular complexity index is 965. The number of hydrogen-bond donors (Lipinski definition) is 1. The van der Waals surface area contributed by atoms with Crippen LogP contribution < -0.4 is 10.1 Å². The van der Waals surface area contributed by atoms with E-state index in [4.69, 9.17) is 4.74 Å². The lowest BCUT2D eigenvalue weighted by Gasteiger charge is -2.07. The van der Waals surface area contributed by atoms with Crippen molar-refractivity contribution in [1.82, 2.24) is 5.32 Å². The van der Waals surface area contributed by atoms with Gasteiger partial charge in [-0.05, 0) is 23.6 Å². The number of nitro benzene ring substituents is 1. The predicted octanol–water partition coefficient (Wildman–Crippen LogP) is 2.96. The Morgan fingerprint density at radius 2 is 1.90 bits per heavy atom. The number of hydrogen-bond acceptors (Lipinski definition) is 7. The normalized spacial score (nSPS) is 11.1. The largest absolute Gasteiger partial charge is 0.490 e. The van der Waals surface area contributed by atoms with Gasteiger partial charge in [-0.2, -0.15) is 0 Å². The van der Waals surface area contributed by atoms with E-state index in [1.165, 1.54) is 31.0 Å². The number of nitro groups is 1. The fraction of sp³-hybridized carbons (Fsp3) is 0.350. The van der Waals surface area contributed by atoms with Crippen LogP contribution in [0.25, 0.3) is 0 Å². The molecule has 0 saturated carbocycles. The third-order valence-electron chi connectivity index (χ3n) is 4.13. The van der Waals surface area contributed by atoms with Gasteiger partial charge in [0, 0.05) is 18.4 Å². The molecule has 0 aliphatic rings. The molecule has 0 spiro atoms. The Morgan fingerprint density at radius 1 is 1.17 bits per heavy atom. The van der Waals surface area contributed by atoms with E-state index in [0.717, 1.165) is 5.56 Å². The first-order chi connectivity index (χ1) is 14.3. The maximum atomic E-state index is 12.1. The minimum Gasteiger partial charge on any atom is -0.490 e. The van der Waals surface area contributed by atoms with E-state index in [-0.39, 0.29) is 41.1 Å². The van der Waals surface area contributed by atoms with Gasteiger partial charge in [0.15, 0.2) is 15.6 Å². The van der Waals surface area contributed by atoms with E-state index in [0.29, 0.717) is 17.7 Å². The van der Waals surface area contributed by atoms with Gasteiger partial charge >= 0.3 is 5.69 Å². The lowest BCUT2D eigenvalue weighted by molar-refractivity contribution is -0.385. The fourth-order valence-electron chi connectivity index (χ4n) is 2.70. The first kappa shape index (κ1) is 23.7. The topological polar surface area (TPSA) is 116 Å². The van der Waals surface area contributed by atoms with Crippen LogP contribution >= 0.6 is 11.8 Å². The summed E-state index contributed by atoms with van der Waals surface area (Å²) in [6, 6.07) is 13.7. The van der Waals surface area contributed by atoms with Crippen molar-refractivity contribution < 1.29 is 22.9 Å². The second kappa shape index (κ2) is 11.6. The highest BCUT2D eigenvalue weighted by Crippen LogP contribution is 2.28. The van der Waals surface area contributed by atoms with Crippen molar-refractivity contribution in [1.29, 1.82) is 0 Å². The Hall–Kier alpha value is -2.59. The Morgan fingerprint density at radius 3 is 2.57 bits per heavy atom. The predicted molar refractivity (Wildman–Crippen MR) is 117 cm³/mol. The number of benzene rings is 2. The van der Waals surface area contributed by atoms with Crippen LogP contribution in [-0.2, 0) is 26.1 Å². The molecule has 0 fully saturated rings. The van der Waals surface area contributed by atoms with Gasteiger partial charge in [-0.3, -0.25) is 14.9 Å². The molecule has 2 aromatic carbocycles. The van der Waals surface area contributed by atoms with Crippen molar-refractivity contribution in [2.45, 2.75) is 17.9 Å². The summed E-state index contributed by atoms with van der Waals surface area (Å²) in [5.41, 5.74) is 1.35. The zero-order valence-corrected chi connectivity index (χ0v) is 18.2. The average molecular weight is 453 g/mol. The maximum Gasteiger partial charge on any atom is 0.311 e. The number of carbonyl (C=O) groups is 1. The van der Waals surface area contributed by atoms with Crippen molar-refractivity contribution in [2.75, 3.05) is 25.2 Å². The monoisotopic (exact) mass is 452 g/mol. The molecule has 1 amide bonds. The van der Waals surface area contributed by atoms with E-state index in [2.05, 4.69) is 5.32 Å². The van der Waals surface area contributed by atoms with Gasteiger partial charge in [0.2, 0.25) is 5.91 Å². The van der Waals surface area contributed by atoms with Gasteiger partial charge in [-0.25, -0.2) is 8.42 Å². The molecule has 0 atom stereocenters. The Labute approximate surface area is 180 Å². The van der Waals surface area contributed by atoms with Crippen LogP contribution in [0.3, 0.4) is 0 Å². The van der Waals surface area contributed by atoms with Gasteiger partial charge in [-0.1, -0.05) is 36.4 Å². The van der Waals surface area contributed by atoms with Gasteiger partial charge < -0.3 is 10.1 Å². The van der Waals surface area contributed by atoms with Crippen molar-refractivity contribution in [3.63, 3.8) is 0 Å². The highest BCUT2D eigenvalue weighted by atomic mass is 32.2. The summed E-state index contributed by atoms with van der Waals surface area (Å²) >= 11 is 1.32. The van der Waals surface area contributed by atoms with Gasteiger partial charge in [0.1, 0.15) is 0 Å². The van der Waals surface area contributed by atoms with Crippen molar-refractivity contribution in [3.8, 4) is 5.75 Å². The summed E-state index contributed by atoms with van der Waals surface area (Å²) in [7, 11) is -1.86. The van der Waals surface area contributed by atoms with Crippen LogP contribution in [-0.4, -0.2) is 44.4 Å². The SMILES string of the molecule is COc1ccc(CSCC(=O)NCCCS(=O)(=O)Cc2ccccc2)cc1[N+](=O)[O-]. The number of sulfone groups is 1. The first-order valence-corrected chi connectivity index (χ1v) is 12.2. The van der Waals surface area contributed by atoms with Crippen LogP contribution in [0.1, 0.15) is 17.5 Å². The molecule has 10 heteroatoms. The van der Waals surface area contributed by atoms with Crippen LogP contribution in [0.2, 0.25) is 0 Å². The molecule has 0 aromatic heterocycles.